The maximum absolute atomic E-state index is 12.7. The van der Waals surface area contributed by atoms with Crippen LogP contribution in [0.4, 0.5) is 0 Å². The number of carbonyl (C=O) groups is 1. The molecule has 0 aliphatic carbocycles. The first kappa shape index (κ1) is 17.8. The zero-order chi connectivity index (χ0) is 17.6. The lowest BCUT2D eigenvalue weighted by molar-refractivity contribution is 0.0921. The van der Waals surface area contributed by atoms with E-state index in [4.69, 9.17) is 16.3 Å². The summed E-state index contributed by atoms with van der Waals surface area (Å²) in [7, 11) is 0. The van der Waals surface area contributed by atoms with Crippen molar-refractivity contribution >= 4 is 17.5 Å². The van der Waals surface area contributed by atoms with Crippen LogP contribution in [-0.4, -0.2) is 24.5 Å². The normalized spacial score (nSPS) is 20.1. The minimum atomic E-state index is -0.0890. The number of nitrogens with one attached hydrogen (secondary N) is 2. The summed E-state index contributed by atoms with van der Waals surface area (Å²) in [4.78, 5) is 12.7. The van der Waals surface area contributed by atoms with E-state index in [-0.39, 0.29) is 11.9 Å². The maximum Gasteiger partial charge on any atom is 0.255 e. The first-order valence-electron chi connectivity index (χ1n) is 8.63. The lowest BCUT2D eigenvalue weighted by Crippen LogP contribution is -2.46. The van der Waals surface area contributed by atoms with Crippen LogP contribution in [0.25, 0.3) is 0 Å². The second-order valence-corrected chi connectivity index (χ2v) is 6.83. The number of halogens is 1. The molecule has 0 bridgehead atoms. The summed E-state index contributed by atoms with van der Waals surface area (Å²) in [5, 5.41) is 7.18. The molecule has 2 aromatic rings. The molecule has 0 saturated carbocycles. The predicted octanol–water partition coefficient (Wildman–Crippen LogP) is 3.79. The van der Waals surface area contributed by atoms with E-state index in [1.807, 2.05) is 42.5 Å². The first-order chi connectivity index (χ1) is 12.1. The molecular weight excluding hydrogens is 336 g/mol. The van der Waals surface area contributed by atoms with Gasteiger partial charge < -0.3 is 15.4 Å². The zero-order valence-corrected chi connectivity index (χ0v) is 15.1. The standard InChI is InChI=1S/C20H23ClN2O2/c1-14-12-16(10-11-22-14)23-20(24)17-7-3-5-9-19(17)25-13-15-6-2-4-8-18(15)21/h2-9,14,16,22H,10-13H2,1H3,(H,23,24). The quantitative estimate of drug-likeness (QED) is 0.855. The number of piperidine rings is 1. The second kappa shape index (κ2) is 8.37. The summed E-state index contributed by atoms with van der Waals surface area (Å²) in [6.45, 7) is 3.39. The van der Waals surface area contributed by atoms with Gasteiger partial charge in [-0.25, -0.2) is 0 Å². The van der Waals surface area contributed by atoms with Crippen molar-refractivity contribution in [2.45, 2.75) is 38.5 Å². The molecule has 1 amide bonds. The third-order valence-electron chi connectivity index (χ3n) is 4.43. The Morgan fingerprint density at radius 3 is 2.80 bits per heavy atom. The number of rotatable bonds is 5. The smallest absolute Gasteiger partial charge is 0.255 e. The van der Waals surface area contributed by atoms with Gasteiger partial charge in [-0.05, 0) is 44.5 Å². The number of benzene rings is 2. The van der Waals surface area contributed by atoms with E-state index in [0.717, 1.165) is 24.9 Å². The van der Waals surface area contributed by atoms with Gasteiger partial charge in [-0.2, -0.15) is 0 Å². The van der Waals surface area contributed by atoms with Crippen LogP contribution >= 0.6 is 11.6 Å². The van der Waals surface area contributed by atoms with Crippen LogP contribution in [0.3, 0.4) is 0 Å². The molecular formula is C20H23ClN2O2. The third kappa shape index (κ3) is 4.74. The Bertz CT molecular complexity index is 735. The fraction of sp³-hybridized carbons (Fsp3) is 0.350. The van der Waals surface area contributed by atoms with E-state index >= 15 is 0 Å². The molecule has 4 nitrogen and oxygen atoms in total. The summed E-state index contributed by atoms with van der Waals surface area (Å²) in [5.74, 6) is 0.482. The Morgan fingerprint density at radius 1 is 1.24 bits per heavy atom. The van der Waals surface area contributed by atoms with Gasteiger partial charge in [0, 0.05) is 22.7 Å². The molecule has 2 aromatic carbocycles. The zero-order valence-electron chi connectivity index (χ0n) is 14.3. The molecule has 0 aromatic heterocycles. The molecule has 3 rings (SSSR count). The Hall–Kier alpha value is -2.04. The molecule has 25 heavy (non-hydrogen) atoms. The van der Waals surface area contributed by atoms with Gasteiger partial charge in [0.2, 0.25) is 0 Å². The number of hydrogen-bond acceptors (Lipinski definition) is 3. The van der Waals surface area contributed by atoms with Crippen molar-refractivity contribution in [1.82, 2.24) is 10.6 Å². The monoisotopic (exact) mass is 358 g/mol. The highest BCUT2D eigenvalue weighted by Crippen LogP contribution is 2.22. The van der Waals surface area contributed by atoms with E-state index in [1.54, 1.807) is 6.07 Å². The van der Waals surface area contributed by atoms with E-state index in [2.05, 4.69) is 17.6 Å². The molecule has 1 aliphatic heterocycles. The van der Waals surface area contributed by atoms with E-state index in [9.17, 15) is 4.79 Å². The van der Waals surface area contributed by atoms with Crippen molar-refractivity contribution in [2.24, 2.45) is 0 Å². The average Bonchev–Trinajstić information content (AvgIpc) is 2.61. The fourth-order valence-electron chi connectivity index (χ4n) is 3.08. The van der Waals surface area contributed by atoms with Crippen LogP contribution in [0, 0.1) is 0 Å². The van der Waals surface area contributed by atoms with Gasteiger partial charge in [-0.1, -0.05) is 41.9 Å². The Balaban J connectivity index is 1.67. The van der Waals surface area contributed by atoms with Crippen LogP contribution in [0.5, 0.6) is 5.75 Å². The molecule has 1 saturated heterocycles. The summed E-state index contributed by atoms with van der Waals surface area (Å²) in [6, 6.07) is 15.5. The second-order valence-electron chi connectivity index (χ2n) is 6.43. The number of hydrogen-bond donors (Lipinski definition) is 2. The van der Waals surface area contributed by atoms with Crippen molar-refractivity contribution in [3.63, 3.8) is 0 Å². The molecule has 2 atom stereocenters. The lowest BCUT2D eigenvalue weighted by Gasteiger charge is -2.28. The van der Waals surface area contributed by atoms with E-state index in [1.165, 1.54) is 0 Å². The SMILES string of the molecule is CC1CC(NC(=O)c2ccccc2OCc2ccccc2Cl)CCN1. The van der Waals surface area contributed by atoms with Gasteiger partial charge in [-0.3, -0.25) is 4.79 Å². The largest absolute Gasteiger partial charge is 0.488 e. The van der Waals surface area contributed by atoms with Crippen LogP contribution in [0.1, 0.15) is 35.7 Å². The van der Waals surface area contributed by atoms with Crippen LogP contribution in [0.15, 0.2) is 48.5 Å². The summed E-state index contributed by atoms with van der Waals surface area (Å²) >= 11 is 6.17. The Labute approximate surface area is 153 Å². The van der Waals surface area contributed by atoms with Crippen LogP contribution in [0.2, 0.25) is 5.02 Å². The maximum atomic E-state index is 12.7. The Kier molecular flexibility index (Phi) is 5.95. The number of carbonyl (C=O) groups excluding carboxylic acids is 1. The third-order valence-corrected chi connectivity index (χ3v) is 4.80. The van der Waals surface area contributed by atoms with Gasteiger partial charge in [0.05, 0.1) is 5.56 Å². The number of amides is 1. The summed E-state index contributed by atoms with van der Waals surface area (Å²) in [5.41, 5.74) is 1.45. The highest BCUT2D eigenvalue weighted by Gasteiger charge is 2.22. The molecule has 0 spiro atoms. The topological polar surface area (TPSA) is 50.4 Å². The van der Waals surface area contributed by atoms with Crippen molar-refractivity contribution in [2.75, 3.05) is 6.54 Å². The number of para-hydroxylation sites is 1. The molecule has 0 radical (unpaired) electrons. The number of ether oxygens (including phenoxy) is 1. The van der Waals surface area contributed by atoms with E-state index in [0.29, 0.717) is 29.0 Å². The Morgan fingerprint density at radius 2 is 2.00 bits per heavy atom. The van der Waals surface area contributed by atoms with Crippen molar-refractivity contribution < 1.29 is 9.53 Å². The molecule has 5 heteroatoms. The fourth-order valence-corrected chi connectivity index (χ4v) is 3.27. The minimum Gasteiger partial charge on any atom is -0.488 e. The molecule has 1 aliphatic rings. The first-order valence-corrected chi connectivity index (χ1v) is 9.01. The summed E-state index contributed by atoms with van der Waals surface area (Å²) in [6.07, 6.45) is 1.88. The summed E-state index contributed by atoms with van der Waals surface area (Å²) < 4.78 is 5.88. The average molecular weight is 359 g/mol. The lowest BCUT2D eigenvalue weighted by atomic mass is 10.00. The van der Waals surface area contributed by atoms with Gasteiger partial charge in [0.1, 0.15) is 12.4 Å². The highest BCUT2D eigenvalue weighted by molar-refractivity contribution is 6.31. The molecule has 2 unspecified atom stereocenters. The van der Waals surface area contributed by atoms with E-state index < -0.39 is 0 Å². The molecule has 132 valence electrons. The molecule has 1 heterocycles. The molecule has 2 N–H and O–H groups in total. The van der Waals surface area contributed by atoms with Gasteiger partial charge >= 0.3 is 0 Å². The highest BCUT2D eigenvalue weighted by atomic mass is 35.5. The van der Waals surface area contributed by atoms with Crippen LogP contribution < -0.4 is 15.4 Å². The van der Waals surface area contributed by atoms with Gasteiger partial charge in [-0.15, -0.1) is 0 Å². The van der Waals surface area contributed by atoms with Gasteiger partial charge in [0.15, 0.2) is 0 Å². The van der Waals surface area contributed by atoms with Crippen LogP contribution in [-0.2, 0) is 6.61 Å². The van der Waals surface area contributed by atoms with Crippen molar-refractivity contribution in [3.8, 4) is 5.75 Å². The van der Waals surface area contributed by atoms with Gasteiger partial charge in [0.25, 0.3) is 5.91 Å². The van der Waals surface area contributed by atoms with Crippen molar-refractivity contribution in [3.05, 3.63) is 64.7 Å². The molecule has 1 fully saturated rings. The predicted molar refractivity (Wildman–Crippen MR) is 100 cm³/mol. The van der Waals surface area contributed by atoms with Crippen molar-refractivity contribution in [1.29, 1.82) is 0 Å². The minimum absolute atomic E-state index is 0.0890.